The van der Waals surface area contributed by atoms with Crippen molar-refractivity contribution in [2.45, 2.75) is 12.2 Å². The lowest BCUT2D eigenvalue weighted by Crippen LogP contribution is -2.06. The highest BCUT2D eigenvalue weighted by atomic mass is 32.1. The fourth-order valence-electron chi connectivity index (χ4n) is 1.91. The monoisotopic (exact) mass is 342 g/mol. The third-order valence-corrected chi connectivity index (χ3v) is 3.80. The molecule has 0 aliphatic rings. The lowest BCUT2D eigenvalue weighted by molar-refractivity contribution is -0.137. The number of benzene rings is 1. The molecule has 1 aromatic heterocycles. The van der Waals surface area contributed by atoms with Crippen molar-refractivity contribution in [2.75, 3.05) is 6.61 Å². The van der Waals surface area contributed by atoms with Gasteiger partial charge in [0, 0.05) is 15.4 Å². The van der Waals surface area contributed by atoms with Crippen molar-refractivity contribution in [1.82, 2.24) is 4.98 Å². The van der Waals surface area contributed by atoms with E-state index >= 15 is 0 Å². The van der Waals surface area contributed by atoms with Crippen molar-refractivity contribution in [2.24, 2.45) is 5.11 Å². The fraction of sp³-hybridized carbons (Fsp3) is 0.231. The summed E-state index contributed by atoms with van der Waals surface area (Å²) in [6.07, 6.45) is -4.48. The summed E-state index contributed by atoms with van der Waals surface area (Å²) < 4.78 is 43.0. The van der Waals surface area contributed by atoms with Crippen LogP contribution in [0.3, 0.4) is 0 Å². The molecule has 10 heteroatoms. The van der Waals surface area contributed by atoms with Crippen molar-refractivity contribution < 1.29 is 22.7 Å². The van der Waals surface area contributed by atoms with E-state index < -0.39 is 17.8 Å². The summed E-state index contributed by atoms with van der Waals surface area (Å²) in [7, 11) is 0. The maximum atomic E-state index is 12.8. The normalized spacial score (nSPS) is 12.3. The second kappa shape index (κ2) is 7.12. The van der Waals surface area contributed by atoms with Gasteiger partial charge in [-0.2, -0.15) is 13.2 Å². The van der Waals surface area contributed by atoms with Gasteiger partial charge in [0.2, 0.25) is 0 Å². The summed E-state index contributed by atoms with van der Waals surface area (Å²) in [4.78, 5) is 17.4. The van der Waals surface area contributed by atoms with Crippen LogP contribution in [0.1, 0.15) is 16.5 Å². The number of alkyl halides is 3. The van der Waals surface area contributed by atoms with E-state index in [4.69, 9.17) is 5.53 Å². The highest BCUT2D eigenvalue weighted by Gasteiger charge is 2.31. The molecule has 120 valence electrons. The van der Waals surface area contributed by atoms with Gasteiger partial charge in [0.05, 0.1) is 16.8 Å². The van der Waals surface area contributed by atoms with E-state index in [1.807, 2.05) is 0 Å². The molecule has 1 atom stereocenters. The van der Waals surface area contributed by atoms with Crippen LogP contribution in [0, 0.1) is 0 Å². The summed E-state index contributed by atoms with van der Waals surface area (Å²) in [5.74, 6) is 0. The lowest BCUT2D eigenvalue weighted by atomic mass is 10.1. The van der Waals surface area contributed by atoms with Crippen molar-refractivity contribution in [3.63, 3.8) is 0 Å². The highest BCUT2D eigenvalue weighted by Crippen LogP contribution is 2.36. The van der Waals surface area contributed by atoms with Crippen LogP contribution >= 0.6 is 11.3 Å². The number of hydrogen-bond donors (Lipinski definition) is 0. The smallest absolute Gasteiger partial charge is 0.416 e. The zero-order valence-electron chi connectivity index (χ0n) is 11.4. The van der Waals surface area contributed by atoms with Crippen LogP contribution in [0.4, 0.5) is 13.2 Å². The number of carbonyl (C=O) groups excluding carboxylic acids is 1. The third kappa shape index (κ3) is 3.99. The zero-order chi connectivity index (χ0) is 16.9. The Labute approximate surface area is 132 Å². The molecule has 0 amide bonds. The van der Waals surface area contributed by atoms with Crippen LogP contribution in [0.2, 0.25) is 0 Å². The minimum atomic E-state index is -4.48. The van der Waals surface area contributed by atoms with Gasteiger partial charge in [-0.25, -0.2) is 4.98 Å². The van der Waals surface area contributed by atoms with Crippen LogP contribution in [-0.4, -0.2) is 18.1 Å². The van der Waals surface area contributed by atoms with Crippen LogP contribution in [0.25, 0.3) is 21.7 Å². The summed E-state index contributed by atoms with van der Waals surface area (Å²) >= 11 is 1.10. The van der Waals surface area contributed by atoms with Gasteiger partial charge in [-0.3, -0.25) is 4.79 Å². The minimum absolute atomic E-state index is 0.199. The number of azide groups is 1. The fourth-order valence-corrected chi connectivity index (χ4v) is 2.73. The first-order chi connectivity index (χ1) is 11.0. The van der Waals surface area contributed by atoms with E-state index in [2.05, 4.69) is 19.7 Å². The van der Waals surface area contributed by atoms with Gasteiger partial charge in [0.15, 0.2) is 0 Å². The van der Waals surface area contributed by atoms with Crippen molar-refractivity contribution in [3.05, 3.63) is 50.7 Å². The largest absolute Gasteiger partial charge is 0.467 e. The Kier molecular flexibility index (Phi) is 5.20. The molecule has 0 spiro atoms. The van der Waals surface area contributed by atoms with Crippen LogP contribution in [-0.2, 0) is 15.7 Å². The van der Waals surface area contributed by atoms with E-state index in [0.29, 0.717) is 4.88 Å². The number of hydrogen-bond acceptors (Lipinski definition) is 5. The zero-order valence-corrected chi connectivity index (χ0v) is 12.2. The SMILES string of the molecule is [N-]=[N+]=NC(COC=O)c1scnc1-c1cccc(C(F)(F)F)c1. The molecule has 0 aliphatic heterocycles. The first kappa shape index (κ1) is 16.8. The number of halogens is 3. The topological polar surface area (TPSA) is 88.0 Å². The maximum Gasteiger partial charge on any atom is 0.416 e. The Morgan fingerprint density at radius 3 is 2.91 bits per heavy atom. The predicted octanol–water partition coefficient (Wildman–Crippen LogP) is 4.35. The second-order valence-electron chi connectivity index (χ2n) is 4.29. The number of nitrogens with zero attached hydrogens (tertiary/aromatic N) is 4. The van der Waals surface area contributed by atoms with Gasteiger partial charge in [0.1, 0.15) is 12.6 Å². The Hall–Kier alpha value is -2.58. The molecule has 23 heavy (non-hydrogen) atoms. The van der Waals surface area contributed by atoms with E-state index in [9.17, 15) is 18.0 Å². The summed E-state index contributed by atoms with van der Waals surface area (Å²) in [5.41, 5.74) is 9.71. The Morgan fingerprint density at radius 2 is 2.26 bits per heavy atom. The third-order valence-electron chi connectivity index (χ3n) is 2.87. The Balaban J connectivity index is 2.44. The highest BCUT2D eigenvalue weighted by molar-refractivity contribution is 7.10. The summed E-state index contributed by atoms with van der Waals surface area (Å²) in [6, 6.07) is 3.80. The molecular weight excluding hydrogens is 333 g/mol. The molecular formula is C13H9F3N4O2S. The van der Waals surface area contributed by atoms with Crippen molar-refractivity contribution >= 4 is 17.8 Å². The summed E-state index contributed by atoms with van der Waals surface area (Å²) in [5, 5.41) is 3.51. The van der Waals surface area contributed by atoms with Gasteiger partial charge in [0.25, 0.3) is 6.47 Å². The molecule has 1 heterocycles. The molecule has 0 aliphatic carbocycles. The molecule has 0 bridgehead atoms. The summed E-state index contributed by atoms with van der Waals surface area (Å²) in [6.45, 7) is -0.0212. The van der Waals surface area contributed by atoms with Crippen LogP contribution < -0.4 is 0 Å². The van der Waals surface area contributed by atoms with Gasteiger partial charge in [-0.05, 0) is 17.7 Å². The first-order valence-corrected chi connectivity index (χ1v) is 7.05. The number of carbonyl (C=O) groups is 1. The Morgan fingerprint density at radius 1 is 1.48 bits per heavy atom. The number of aromatic nitrogens is 1. The van der Waals surface area contributed by atoms with E-state index in [0.717, 1.165) is 23.5 Å². The molecule has 1 unspecified atom stereocenters. The number of rotatable bonds is 6. The quantitative estimate of drug-likeness (QED) is 0.338. The molecule has 6 nitrogen and oxygen atoms in total. The minimum Gasteiger partial charge on any atom is -0.467 e. The van der Waals surface area contributed by atoms with Crippen LogP contribution in [0.5, 0.6) is 0 Å². The van der Waals surface area contributed by atoms with Gasteiger partial charge >= 0.3 is 6.18 Å². The second-order valence-corrected chi connectivity index (χ2v) is 5.18. The number of ether oxygens (including phenoxy) is 1. The molecule has 2 rings (SSSR count). The standard InChI is InChI=1S/C13H9F3N4O2S/c14-13(15,16)9-3-1-2-8(4-9)11-12(23-6-18-11)10(19-20-17)5-22-7-21/h1-4,6-7,10H,5H2. The average Bonchev–Trinajstić information content (AvgIpc) is 3.00. The van der Waals surface area contributed by atoms with Crippen molar-refractivity contribution in [3.8, 4) is 11.3 Å². The molecule has 0 saturated heterocycles. The van der Waals surface area contributed by atoms with E-state index in [1.165, 1.54) is 17.6 Å². The average molecular weight is 342 g/mol. The maximum absolute atomic E-state index is 12.8. The molecule has 0 N–H and O–H groups in total. The van der Waals surface area contributed by atoms with Gasteiger partial charge < -0.3 is 4.74 Å². The molecule has 0 fully saturated rings. The van der Waals surface area contributed by atoms with E-state index in [-0.39, 0.29) is 24.3 Å². The molecule has 1 aromatic carbocycles. The molecule has 0 radical (unpaired) electrons. The lowest BCUT2D eigenvalue weighted by Gasteiger charge is -2.11. The van der Waals surface area contributed by atoms with E-state index in [1.54, 1.807) is 0 Å². The van der Waals surface area contributed by atoms with Gasteiger partial charge in [-0.1, -0.05) is 17.2 Å². The molecule has 2 aromatic rings. The number of thiazole rings is 1. The molecule has 0 saturated carbocycles. The predicted molar refractivity (Wildman–Crippen MR) is 76.5 cm³/mol. The van der Waals surface area contributed by atoms with Crippen LogP contribution in [0.15, 0.2) is 34.9 Å². The Bertz CT molecular complexity index is 741. The first-order valence-electron chi connectivity index (χ1n) is 6.18. The van der Waals surface area contributed by atoms with Gasteiger partial charge in [-0.15, -0.1) is 11.3 Å². The van der Waals surface area contributed by atoms with Crippen molar-refractivity contribution in [1.29, 1.82) is 0 Å².